The van der Waals surface area contributed by atoms with Crippen molar-refractivity contribution in [1.29, 1.82) is 0 Å². The van der Waals surface area contributed by atoms with Crippen molar-refractivity contribution >= 4 is 10.9 Å². The molecule has 1 N–H and O–H groups in total. The number of hydrogen-bond donors (Lipinski definition) is 1. The lowest BCUT2D eigenvalue weighted by Gasteiger charge is -2.10. The van der Waals surface area contributed by atoms with Crippen LogP contribution in [-0.4, -0.2) is 17.1 Å². The van der Waals surface area contributed by atoms with Gasteiger partial charge in [-0.1, -0.05) is 29.8 Å². The molecular weight excluding hydrogens is 336 g/mol. The molecule has 2 heterocycles. The molecule has 2 aromatic heterocycles. The first-order chi connectivity index (χ1) is 13.0. The topological polar surface area (TPSA) is 55.0 Å². The van der Waals surface area contributed by atoms with Crippen molar-refractivity contribution in [3.05, 3.63) is 82.3 Å². The Hall–Kier alpha value is -3.40. The summed E-state index contributed by atoms with van der Waals surface area (Å²) in [5.74, 6) is 0.440. The fourth-order valence-corrected chi connectivity index (χ4v) is 3.30. The number of hydrogen-bond acceptors (Lipinski definition) is 3. The lowest BCUT2D eigenvalue weighted by molar-refractivity contribution is 0.397. The van der Waals surface area contributed by atoms with Gasteiger partial charge >= 0.3 is 0 Å². The zero-order valence-corrected chi connectivity index (χ0v) is 15.5. The minimum atomic E-state index is -0.189. The molecule has 0 unspecified atom stereocenters. The molecule has 0 atom stereocenters. The quantitative estimate of drug-likeness (QED) is 0.569. The number of benzene rings is 2. The number of methoxy groups -OCH3 is 1. The maximum Gasteiger partial charge on any atom is 0.258 e. The third kappa shape index (κ3) is 3.22. The van der Waals surface area contributed by atoms with E-state index in [2.05, 4.69) is 48.3 Å². The van der Waals surface area contributed by atoms with Gasteiger partial charge in [0.15, 0.2) is 5.88 Å². The molecule has 0 saturated carbocycles. The fourth-order valence-electron chi connectivity index (χ4n) is 3.30. The molecular formula is C23H20N2O2. The number of aromatic amines is 1. The van der Waals surface area contributed by atoms with Crippen molar-refractivity contribution in [3.63, 3.8) is 0 Å². The second-order valence-electron chi connectivity index (χ2n) is 6.74. The summed E-state index contributed by atoms with van der Waals surface area (Å²) in [7, 11) is 1.53. The Morgan fingerprint density at radius 3 is 2.33 bits per heavy atom. The van der Waals surface area contributed by atoms with E-state index in [1.807, 2.05) is 19.2 Å². The normalized spacial score (nSPS) is 10.9. The van der Waals surface area contributed by atoms with E-state index in [0.717, 1.165) is 33.2 Å². The molecule has 0 spiro atoms. The Labute approximate surface area is 157 Å². The second-order valence-corrected chi connectivity index (χ2v) is 6.74. The Balaban J connectivity index is 1.90. The van der Waals surface area contributed by atoms with Crippen LogP contribution in [0.15, 0.2) is 65.6 Å². The number of aromatic nitrogens is 2. The largest absolute Gasteiger partial charge is 0.482 e. The van der Waals surface area contributed by atoms with Crippen LogP contribution in [0.1, 0.15) is 11.1 Å². The van der Waals surface area contributed by atoms with Gasteiger partial charge in [-0.15, -0.1) is 0 Å². The van der Waals surface area contributed by atoms with Crippen LogP contribution < -0.4 is 10.3 Å². The average molecular weight is 356 g/mol. The lowest BCUT2D eigenvalue weighted by Crippen LogP contribution is -2.10. The molecule has 0 aliphatic heterocycles. The molecule has 0 aliphatic rings. The summed E-state index contributed by atoms with van der Waals surface area (Å²) in [5.41, 5.74) is 6.52. The van der Waals surface area contributed by atoms with Crippen molar-refractivity contribution in [2.45, 2.75) is 13.8 Å². The van der Waals surface area contributed by atoms with Crippen molar-refractivity contribution in [3.8, 4) is 28.1 Å². The number of pyridine rings is 2. The van der Waals surface area contributed by atoms with E-state index >= 15 is 0 Å². The van der Waals surface area contributed by atoms with E-state index in [1.54, 1.807) is 12.1 Å². The van der Waals surface area contributed by atoms with E-state index in [1.165, 1.54) is 12.7 Å². The van der Waals surface area contributed by atoms with Gasteiger partial charge in [0.2, 0.25) is 0 Å². The number of ether oxygens (including phenoxy) is 1. The molecule has 0 amide bonds. The van der Waals surface area contributed by atoms with Crippen LogP contribution >= 0.6 is 0 Å². The highest BCUT2D eigenvalue weighted by molar-refractivity contribution is 5.96. The predicted octanol–water partition coefficient (Wildman–Crippen LogP) is 4.88. The van der Waals surface area contributed by atoms with E-state index in [9.17, 15) is 4.79 Å². The highest BCUT2D eigenvalue weighted by atomic mass is 16.5. The molecule has 4 aromatic rings. The third-order valence-electron chi connectivity index (χ3n) is 4.71. The summed E-state index contributed by atoms with van der Waals surface area (Å²) in [6.07, 6.45) is 1.86. The van der Waals surface area contributed by atoms with Gasteiger partial charge in [0.25, 0.3) is 5.56 Å². The SMILES string of the molecule is COc1ccc(-c2cc(C)cc3cc(-c4ccc(C)cc4)cnc23)c(=O)[nH]1. The summed E-state index contributed by atoms with van der Waals surface area (Å²) in [6.45, 7) is 4.10. The molecule has 4 heteroatoms. The Morgan fingerprint density at radius 2 is 1.63 bits per heavy atom. The summed E-state index contributed by atoms with van der Waals surface area (Å²) in [5, 5.41) is 1.01. The maximum atomic E-state index is 12.5. The van der Waals surface area contributed by atoms with Gasteiger partial charge in [-0.05, 0) is 55.3 Å². The second kappa shape index (κ2) is 6.72. The summed E-state index contributed by atoms with van der Waals surface area (Å²) in [4.78, 5) is 20.0. The number of aryl methyl sites for hydroxylation is 2. The van der Waals surface area contributed by atoms with Crippen LogP contribution in [0, 0.1) is 13.8 Å². The fraction of sp³-hybridized carbons (Fsp3) is 0.130. The van der Waals surface area contributed by atoms with Crippen LogP contribution in [0.3, 0.4) is 0 Å². The van der Waals surface area contributed by atoms with Gasteiger partial charge in [0, 0.05) is 28.3 Å². The monoisotopic (exact) mass is 356 g/mol. The molecule has 4 rings (SSSR count). The molecule has 0 aliphatic carbocycles. The number of nitrogens with zero attached hydrogens (tertiary/aromatic N) is 1. The van der Waals surface area contributed by atoms with Crippen LogP contribution in [0.4, 0.5) is 0 Å². The van der Waals surface area contributed by atoms with E-state index in [-0.39, 0.29) is 5.56 Å². The van der Waals surface area contributed by atoms with Crippen molar-refractivity contribution in [1.82, 2.24) is 9.97 Å². The van der Waals surface area contributed by atoms with Crippen LogP contribution in [-0.2, 0) is 0 Å². The molecule has 0 fully saturated rings. The van der Waals surface area contributed by atoms with Crippen LogP contribution in [0.2, 0.25) is 0 Å². The van der Waals surface area contributed by atoms with Crippen molar-refractivity contribution in [2.24, 2.45) is 0 Å². The van der Waals surface area contributed by atoms with Crippen molar-refractivity contribution in [2.75, 3.05) is 7.11 Å². The first-order valence-electron chi connectivity index (χ1n) is 8.80. The first kappa shape index (κ1) is 17.0. The number of rotatable bonds is 3. The van der Waals surface area contributed by atoms with Gasteiger partial charge in [-0.2, -0.15) is 0 Å². The van der Waals surface area contributed by atoms with Gasteiger partial charge < -0.3 is 4.74 Å². The number of H-pyrrole nitrogens is 1. The van der Waals surface area contributed by atoms with Gasteiger partial charge in [-0.25, -0.2) is 0 Å². The third-order valence-corrected chi connectivity index (χ3v) is 4.71. The van der Waals surface area contributed by atoms with Crippen molar-refractivity contribution < 1.29 is 4.74 Å². The number of fused-ring (bicyclic) bond motifs is 1. The first-order valence-corrected chi connectivity index (χ1v) is 8.80. The lowest BCUT2D eigenvalue weighted by atomic mass is 9.98. The highest BCUT2D eigenvalue weighted by Crippen LogP contribution is 2.30. The van der Waals surface area contributed by atoms with E-state index < -0.39 is 0 Å². The Morgan fingerprint density at radius 1 is 0.852 bits per heavy atom. The zero-order valence-electron chi connectivity index (χ0n) is 15.5. The van der Waals surface area contributed by atoms with E-state index in [0.29, 0.717) is 11.4 Å². The molecule has 0 saturated heterocycles. The summed E-state index contributed by atoms with van der Waals surface area (Å²) < 4.78 is 5.10. The molecule has 27 heavy (non-hydrogen) atoms. The average Bonchev–Trinajstić information content (AvgIpc) is 2.67. The molecule has 2 aromatic carbocycles. The standard InChI is InChI=1S/C23H20N2O2/c1-14-4-6-16(7-5-14)18-12-17-10-15(2)11-20(22(17)24-13-18)19-8-9-21(27-3)25-23(19)26/h4-13H,1-3H3,(H,25,26). The maximum absolute atomic E-state index is 12.5. The van der Waals surface area contributed by atoms with Gasteiger partial charge in [0.05, 0.1) is 12.6 Å². The predicted molar refractivity (Wildman–Crippen MR) is 109 cm³/mol. The Kier molecular flexibility index (Phi) is 4.24. The molecule has 4 nitrogen and oxygen atoms in total. The van der Waals surface area contributed by atoms with E-state index in [4.69, 9.17) is 9.72 Å². The summed E-state index contributed by atoms with van der Waals surface area (Å²) >= 11 is 0. The van der Waals surface area contributed by atoms with Gasteiger partial charge in [0.1, 0.15) is 0 Å². The summed E-state index contributed by atoms with van der Waals surface area (Å²) in [6, 6.07) is 18.1. The van der Waals surface area contributed by atoms with Crippen LogP contribution in [0.5, 0.6) is 5.88 Å². The minimum Gasteiger partial charge on any atom is -0.482 e. The van der Waals surface area contributed by atoms with Crippen LogP contribution in [0.25, 0.3) is 33.2 Å². The van der Waals surface area contributed by atoms with Gasteiger partial charge in [-0.3, -0.25) is 14.8 Å². The molecule has 134 valence electrons. The Bertz CT molecular complexity index is 1190. The minimum absolute atomic E-state index is 0.189. The smallest absolute Gasteiger partial charge is 0.258 e. The number of nitrogens with one attached hydrogen (secondary N) is 1. The highest BCUT2D eigenvalue weighted by Gasteiger charge is 2.12. The molecule has 0 radical (unpaired) electrons. The zero-order chi connectivity index (χ0) is 19.0. The molecule has 0 bridgehead atoms.